The zero-order chi connectivity index (χ0) is 28.8. The number of hydrogen-bond acceptors (Lipinski definition) is 5. The first-order valence-electron chi connectivity index (χ1n) is 13.2. The van der Waals surface area contributed by atoms with E-state index in [1.165, 1.54) is 9.21 Å². The number of primary amides is 1. The molecule has 0 bridgehead atoms. The lowest BCUT2D eigenvalue weighted by Crippen LogP contribution is -2.51. The largest absolute Gasteiger partial charge is 0.389 e. The molecule has 1 saturated carbocycles. The number of aryl methyl sites for hydroxylation is 2. The molecular weight excluding hydrogens is 547 g/mol. The highest BCUT2D eigenvalue weighted by Crippen LogP contribution is 2.53. The average Bonchev–Trinajstić information content (AvgIpc) is 3.55. The summed E-state index contributed by atoms with van der Waals surface area (Å²) in [6.07, 6.45) is -2.62. The van der Waals surface area contributed by atoms with Gasteiger partial charge in [0, 0.05) is 37.7 Å². The Hall–Kier alpha value is -2.67. The molecule has 1 spiro atoms. The number of anilines is 1. The van der Waals surface area contributed by atoms with E-state index in [-0.39, 0.29) is 51.4 Å². The third-order valence-electron chi connectivity index (χ3n) is 8.40. The quantitative estimate of drug-likeness (QED) is 0.449. The SMILES string of the molecule is C.Cc1cc(N(C)C(N)=O)cc(C)c1CCS(=O)(=O)N1CCC2(CC1)N=C(C1(CCCC(F)(F)F)CC1)NC2=O. The number of benzene rings is 1. The van der Waals surface area contributed by atoms with Gasteiger partial charge in [0.15, 0.2) is 0 Å². The van der Waals surface area contributed by atoms with Crippen LogP contribution in [0.5, 0.6) is 0 Å². The van der Waals surface area contributed by atoms with E-state index in [1.807, 2.05) is 13.8 Å². The lowest BCUT2D eigenvalue weighted by Gasteiger charge is -2.34. The van der Waals surface area contributed by atoms with Crippen LogP contribution in [0.1, 0.15) is 69.1 Å². The third-order valence-corrected chi connectivity index (χ3v) is 10.3. The summed E-state index contributed by atoms with van der Waals surface area (Å²) in [5.74, 6) is 0.0849. The zero-order valence-electron chi connectivity index (χ0n) is 22.5. The van der Waals surface area contributed by atoms with Crippen molar-refractivity contribution in [2.24, 2.45) is 16.1 Å². The van der Waals surface area contributed by atoms with E-state index in [0.717, 1.165) is 16.7 Å². The van der Waals surface area contributed by atoms with Gasteiger partial charge in [-0.15, -0.1) is 0 Å². The van der Waals surface area contributed by atoms with Crippen molar-refractivity contribution in [3.8, 4) is 0 Å². The van der Waals surface area contributed by atoms with Crippen LogP contribution in [0.15, 0.2) is 17.1 Å². The molecule has 1 saturated heterocycles. The Labute approximate surface area is 234 Å². The van der Waals surface area contributed by atoms with Gasteiger partial charge < -0.3 is 11.1 Å². The highest BCUT2D eigenvalue weighted by molar-refractivity contribution is 7.89. The number of nitrogens with zero attached hydrogens (tertiary/aromatic N) is 3. The van der Waals surface area contributed by atoms with Crippen molar-refractivity contribution in [1.82, 2.24) is 9.62 Å². The summed E-state index contributed by atoms with van der Waals surface area (Å²) in [4.78, 5) is 30.4. The van der Waals surface area contributed by atoms with E-state index in [2.05, 4.69) is 5.32 Å². The van der Waals surface area contributed by atoms with Gasteiger partial charge >= 0.3 is 12.2 Å². The van der Waals surface area contributed by atoms with Crippen LogP contribution >= 0.6 is 0 Å². The number of nitrogens with one attached hydrogen (secondary N) is 1. The van der Waals surface area contributed by atoms with E-state index in [4.69, 9.17) is 10.7 Å². The van der Waals surface area contributed by atoms with Crippen LogP contribution in [-0.4, -0.2) is 68.1 Å². The van der Waals surface area contributed by atoms with Crippen molar-refractivity contribution in [2.45, 2.75) is 84.4 Å². The van der Waals surface area contributed by atoms with Crippen LogP contribution in [0.4, 0.5) is 23.7 Å². The van der Waals surface area contributed by atoms with Crippen molar-refractivity contribution in [3.63, 3.8) is 0 Å². The number of urea groups is 1. The summed E-state index contributed by atoms with van der Waals surface area (Å²) in [5.41, 5.74) is 7.04. The first-order chi connectivity index (χ1) is 18.1. The zero-order valence-corrected chi connectivity index (χ0v) is 23.3. The number of piperidine rings is 1. The van der Waals surface area contributed by atoms with Crippen LogP contribution in [0.3, 0.4) is 0 Å². The number of hydrogen-bond donors (Lipinski definition) is 2. The van der Waals surface area contributed by atoms with Crippen LogP contribution in [0.25, 0.3) is 0 Å². The minimum atomic E-state index is -4.21. The van der Waals surface area contributed by atoms with Crippen LogP contribution < -0.4 is 16.0 Å². The molecule has 0 radical (unpaired) electrons. The van der Waals surface area contributed by atoms with Gasteiger partial charge in [-0.2, -0.15) is 13.2 Å². The number of aliphatic imine (C=N–C) groups is 1. The Morgan fingerprint density at radius 1 is 1.15 bits per heavy atom. The standard InChI is InChI=1S/C26H36F3N5O4S.CH4/c1-17-15-19(33(3)23(30)36)16-18(2)20(17)5-14-39(37,38)34-12-10-25(11-13-34)22(35)31-21(32-25)24(8-9-24)6-4-7-26(27,28)29;/h15-16H,4-14H2,1-3H3,(H2,30,36)(H,31,32,35);1H4. The molecule has 0 atom stereocenters. The molecule has 0 aromatic heterocycles. The molecule has 3 N–H and O–H groups in total. The van der Waals surface area contributed by atoms with Gasteiger partial charge in [-0.25, -0.2) is 17.5 Å². The summed E-state index contributed by atoms with van der Waals surface area (Å²) < 4.78 is 65.6. The van der Waals surface area contributed by atoms with E-state index in [1.54, 1.807) is 19.2 Å². The molecule has 9 nitrogen and oxygen atoms in total. The molecule has 1 aliphatic carbocycles. The van der Waals surface area contributed by atoms with E-state index in [0.29, 0.717) is 37.2 Å². The smallest absolute Gasteiger partial charge is 0.351 e. The van der Waals surface area contributed by atoms with E-state index in [9.17, 15) is 31.2 Å². The summed E-state index contributed by atoms with van der Waals surface area (Å²) in [6, 6.07) is 3.01. The van der Waals surface area contributed by atoms with E-state index >= 15 is 0 Å². The van der Waals surface area contributed by atoms with Gasteiger partial charge in [0.1, 0.15) is 11.4 Å². The Kier molecular flexibility index (Phi) is 9.00. The lowest BCUT2D eigenvalue weighted by molar-refractivity contribution is -0.136. The molecule has 224 valence electrons. The number of carbonyl (C=O) groups is 2. The van der Waals surface area contributed by atoms with Gasteiger partial charge in [-0.3, -0.25) is 14.7 Å². The molecule has 0 unspecified atom stereocenters. The van der Waals surface area contributed by atoms with Crippen molar-refractivity contribution >= 4 is 33.5 Å². The fourth-order valence-corrected chi connectivity index (χ4v) is 7.13. The molecule has 2 aliphatic heterocycles. The molecule has 1 aromatic rings. The van der Waals surface area contributed by atoms with Crippen molar-refractivity contribution in [1.29, 1.82) is 0 Å². The minimum absolute atomic E-state index is 0. The molecule has 1 aromatic carbocycles. The lowest BCUT2D eigenvalue weighted by atomic mass is 9.89. The van der Waals surface area contributed by atoms with Crippen molar-refractivity contribution < 1.29 is 31.2 Å². The molecule has 2 heterocycles. The average molecular weight is 588 g/mol. The molecule has 40 heavy (non-hydrogen) atoms. The minimum Gasteiger partial charge on any atom is -0.351 e. The number of carbonyl (C=O) groups excluding carboxylic acids is 2. The molecule has 3 amide bonds. The number of sulfonamides is 1. The summed E-state index contributed by atoms with van der Waals surface area (Å²) >= 11 is 0. The number of alkyl halides is 3. The predicted octanol–water partition coefficient (Wildman–Crippen LogP) is 4.20. The van der Waals surface area contributed by atoms with Crippen molar-refractivity contribution in [2.75, 3.05) is 30.8 Å². The van der Waals surface area contributed by atoms with Crippen LogP contribution in [0.2, 0.25) is 0 Å². The summed E-state index contributed by atoms with van der Waals surface area (Å²) in [6.45, 7) is 4.02. The second-order valence-electron chi connectivity index (χ2n) is 11.1. The summed E-state index contributed by atoms with van der Waals surface area (Å²) in [5, 5.41) is 2.83. The topological polar surface area (TPSA) is 125 Å². The number of rotatable bonds is 9. The first kappa shape index (κ1) is 31.9. The Bertz CT molecular complexity index is 1260. The number of amidine groups is 1. The van der Waals surface area contributed by atoms with Crippen molar-refractivity contribution in [3.05, 3.63) is 28.8 Å². The summed E-state index contributed by atoms with van der Waals surface area (Å²) in [7, 11) is -2.04. The fraction of sp³-hybridized carbons (Fsp3) is 0.667. The maximum Gasteiger partial charge on any atom is 0.389 e. The molecule has 13 heteroatoms. The first-order valence-corrected chi connectivity index (χ1v) is 14.8. The Balaban J connectivity index is 0.00000441. The molecule has 3 aliphatic rings. The normalized spacial score (nSPS) is 20.1. The number of amides is 3. The highest BCUT2D eigenvalue weighted by atomic mass is 32.2. The third kappa shape index (κ3) is 6.62. The second kappa shape index (κ2) is 11.3. The van der Waals surface area contributed by atoms with Gasteiger partial charge in [0.25, 0.3) is 5.91 Å². The highest BCUT2D eigenvalue weighted by Gasteiger charge is 2.55. The molecular formula is C27H40F3N5O4S. The van der Waals surface area contributed by atoms with Gasteiger partial charge in [-0.1, -0.05) is 7.43 Å². The maximum atomic E-state index is 13.2. The van der Waals surface area contributed by atoms with Crippen LogP contribution in [0, 0.1) is 19.3 Å². The Morgan fingerprint density at radius 3 is 2.23 bits per heavy atom. The number of halogens is 3. The van der Waals surface area contributed by atoms with Gasteiger partial charge in [-0.05, 0) is 87.6 Å². The predicted molar refractivity (Wildman–Crippen MR) is 149 cm³/mol. The second-order valence-corrected chi connectivity index (χ2v) is 13.2. The molecule has 4 rings (SSSR count). The van der Waals surface area contributed by atoms with Gasteiger partial charge in [0.05, 0.1) is 5.75 Å². The fourth-order valence-electron chi connectivity index (χ4n) is 5.67. The maximum absolute atomic E-state index is 13.2. The Morgan fingerprint density at radius 2 is 1.73 bits per heavy atom. The molecule has 2 fully saturated rings. The van der Waals surface area contributed by atoms with Crippen LogP contribution in [-0.2, 0) is 21.2 Å². The monoisotopic (exact) mass is 587 g/mol. The van der Waals surface area contributed by atoms with Gasteiger partial charge in [0.2, 0.25) is 10.0 Å². The van der Waals surface area contributed by atoms with E-state index < -0.39 is 39.6 Å². The number of nitrogens with two attached hydrogens (primary N) is 1.